The first-order valence-corrected chi connectivity index (χ1v) is 29.0. The van der Waals surface area contributed by atoms with Crippen LogP contribution in [0.25, 0.3) is 0 Å². The second kappa shape index (κ2) is 39.6. The summed E-state index contributed by atoms with van der Waals surface area (Å²) in [6.45, 7) is 1.91. The lowest BCUT2D eigenvalue weighted by molar-refractivity contribution is -0.161. The predicted molar refractivity (Wildman–Crippen MR) is 281 cm³/mol. The van der Waals surface area contributed by atoms with Crippen LogP contribution in [0.5, 0.6) is 0 Å². The standard InChI is InChI=1S/C52H85N3O16P2/c1-3-5-7-8-9-10-11-12-13-14-15-16-21-24-27-30-33-37-48(58)69-44(40-66-47(57)36-32-29-26-23-20-18-17-19-22-25-28-31-35-43(56)34-6-4-2)41-67-72(62,63)71-73(64,65)68-42-45-49(59)50(60)51(70-45)55-39-38-46(53)54-52(55)61/h9-10,12-13,17-18,22-23,25-26,31,35,38-39,43-45,49-51,56,59-60H,3-8,11,14-16,19-21,24,27-30,32-34,36-37,40-42H2,1-2H3,(H,62,63)(H,64,65)(H2,53,54,61)/b10-9-,13-12-,18-17-,25-22-,26-23-,35-31-/t43-,44+,45+,49+,50+,51+/m0/s1. The quantitative estimate of drug-likeness (QED) is 0.0154. The van der Waals surface area contributed by atoms with Gasteiger partial charge in [-0.05, 0) is 83.1 Å². The molecule has 0 amide bonds. The number of anilines is 1. The molecular formula is C52H85N3O16P2. The van der Waals surface area contributed by atoms with E-state index in [1.165, 1.54) is 25.3 Å². The van der Waals surface area contributed by atoms with E-state index in [1.54, 1.807) is 0 Å². The zero-order valence-electron chi connectivity index (χ0n) is 43.0. The number of phosphoric ester groups is 2. The Hall–Kier alpha value is -3.84. The lowest BCUT2D eigenvalue weighted by Gasteiger charge is -2.21. The summed E-state index contributed by atoms with van der Waals surface area (Å²) in [4.78, 5) is 61.9. The maximum Gasteiger partial charge on any atom is 0.481 e. The van der Waals surface area contributed by atoms with E-state index in [2.05, 4.69) is 65.7 Å². The van der Waals surface area contributed by atoms with Gasteiger partial charge in [0.2, 0.25) is 0 Å². The molecule has 2 heterocycles. The Bertz CT molecular complexity index is 2020. The Morgan fingerprint density at radius 2 is 1.25 bits per heavy atom. The summed E-state index contributed by atoms with van der Waals surface area (Å²) in [5.74, 6) is -1.40. The smallest absolute Gasteiger partial charge is 0.462 e. The van der Waals surface area contributed by atoms with E-state index >= 15 is 0 Å². The molecule has 2 rings (SSSR count). The van der Waals surface area contributed by atoms with Gasteiger partial charge in [0.25, 0.3) is 0 Å². The van der Waals surface area contributed by atoms with Crippen molar-refractivity contribution >= 4 is 33.4 Å². The Labute approximate surface area is 432 Å². The van der Waals surface area contributed by atoms with Crippen LogP contribution in [0.15, 0.2) is 90.0 Å². The van der Waals surface area contributed by atoms with E-state index in [0.29, 0.717) is 19.3 Å². The summed E-state index contributed by atoms with van der Waals surface area (Å²) in [5, 5.41) is 30.8. The molecule has 1 aromatic rings. The van der Waals surface area contributed by atoms with Crippen molar-refractivity contribution in [3.63, 3.8) is 0 Å². The highest BCUT2D eigenvalue weighted by molar-refractivity contribution is 7.61. The molecule has 0 bridgehead atoms. The van der Waals surface area contributed by atoms with E-state index in [-0.39, 0.29) is 24.8 Å². The molecule has 0 spiro atoms. The minimum atomic E-state index is -5.45. The largest absolute Gasteiger partial charge is 0.481 e. The predicted octanol–water partition coefficient (Wildman–Crippen LogP) is 9.86. The number of hydrogen-bond acceptors (Lipinski definition) is 16. The summed E-state index contributed by atoms with van der Waals surface area (Å²) in [5.41, 5.74) is 4.58. The molecule has 1 fully saturated rings. The van der Waals surface area contributed by atoms with Crippen LogP contribution in [0.3, 0.4) is 0 Å². The van der Waals surface area contributed by atoms with E-state index in [9.17, 15) is 48.6 Å². The van der Waals surface area contributed by atoms with Crippen molar-refractivity contribution in [1.82, 2.24) is 9.55 Å². The van der Waals surface area contributed by atoms with Crippen LogP contribution < -0.4 is 11.4 Å². The first-order valence-electron chi connectivity index (χ1n) is 26.0. The number of carbonyl (C=O) groups excluding carboxylic acids is 2. The average molecular weight is 1070 g/mol. The zero-order chi connectivity index (χ0) is 53.6. The van der Waals surface area contributed by atoms with Crippen molar-refractivity contribution in [2.75, 3.05) is 25.6 Å². The summed E-state index contributed by atoms with van der Waals surface area (Å²) in [6, 6.07) is 1.24. The fraction of sp³-hybridized carbons (Fsp3) is 0.654. The molecule has 7 N–H and O–H groups in total. The van der Waals surface area contributed by atoms with E-state index in [1.807, 2.05) is 30.4 Å². The van der Waals surface area contributed by atoms with Gasteiger partial charge in [0.15, 0.2) is 12.3 Å². The van der Waals surface area contributed by atoms with Gasteiger partial charge in [0.05, 0.1) is 19.3 Å². The first-order chi connectivity index (χ1) is 35.1. The van der Waals surface area contributed by atoms with Gasteiger partial charge < -0.3 is 45.1 Å². The molecule has 21 heteroatoms. The summed E-state index contributed by atoms with van der Waals surface area (Å²) in [6.07, 6.45) is 37.4. The molecule has 8 atom stereocenters. The lowest BCUT2D eigenvalue weighted by Crippen LogP contribution is -2.36. The van der Waals surface area contributed by atoms with Crippen LogP contribution in [-0.2, 0) is 46.3 Å². The second-order valence-corrected chi connectivity index (χ2v) is 20.9. The lowest BCUT2D eigenvalue weighted by atomic mass is 10.1. The highest BCUT2D eigenvalue weighted by Crippen LogP contribution is 2.60. The third-order valence-corrected chi connectivity index (χ3v) is 13.9. The molecule has 0 aromatic carbocycles. The fourth-order valence-corrected chi connectivity index (χ4v) is 9.35. The third kappa shape index (κ3) is 32.3. The highest BCUT2D eigenvalue weighted by Gasteiger charge is 2.46. The van der Waals surface area contributed by atoms with Crippen LogP contribution in [0.1, 0.15) is 168 Å². The number of rotatable bonds is 42. The van der Waals surface area contributed by atoms with Gasteiger partial charge >= 0.3 is 33.3 Å². The molecule has 2 unspecified atom stereocenters. The topological polar surface area (TPSA) is 286 Å². The van der Waals surface area contributed by atoms with Crippen molar-refractivity contribution in [1.29, 1.82) is 0 Å². The second-order valence-electron chi connectivity index (χ2n) is 17.8. The van der Waals surface area contributed by atoms with Gasteiger partial charge in [-0.3, -0.25) is 23.2 Å². The Morgan fingerprint density at radius 3 is 1.86 bits per heavy atom. The van der Waals surface area contributed by atoms with Gasteiger partial charge in [-0.15, -0.1) is 0 Å². The number of unbranched alkanes of at least 4 members (excludes halogenated alkanes) is 12. The molecule has 0 saturated carbocycles. The van der Waals surface area contributed by atoms with Crippen LogP contribution >= 0.6 is 15.6 Å². The monoisotopic (exact) mass is 1070 g/mol. The van der Waals surface area contributed by atoms with Gasteiger partial charge in [-0.1, -0.05) is 145 Å². The zero-order valence-corrected chi connectivity index (χ0v) is 44.8. The number of allylic oxidation sites excluding steroid dienone is 11. The number of phosphoric acid groups is 2. The molecule has 0 aliphatic carbocycles. The van der Waals surface area contributed by atoms with Crippen molar-refractivity contribution in [3.8, 4) is 0 Å². The molecule has 0 radical (unpaired) electrons. The van der Waals surface area contributed by atoms with Crippen LogP contribution in [-0.4, -0.2) is 96.9 Å². The third-order valence-electron chi connectivity index (χ3n) is 11.3. The number of ether oxygens (including phenoxy) is 3. The Morgan fingerprint density at radius 1 is 0.712 bits per heavy atom. The number of aliphatic hydroxyl groups is 3. The van der Waals surface area contributed by atoms with Crippen molar-refractivity contribution in [3.05, 3.63) is 95.7 Å². The van der Waals surface area contributed by atoms with Crippen LogP contribution in [0.4, 0.5) is 5.82 Å². The summed E-state index contributed by atoms with van der Waals surface area (Å²) >= 11 is 0. The molecule has 73 heavy (non-hydrogen) atoms. The van der Waals surface area contributed by atoms with Crippen LogP contribution in [0, 0.1) is 0 Å². The molecule has 1 saturated heterocycles. The van der Waals surface area contributed by atoms with E-state index in [4.69, 9.17) is 29.0 Å². The van der Waals surface area contributed by atoms with Crippen LogP contribution in [0.2, 0.25) is 0 Å². The van der Waals surface area contributed by atoms with Gasteiger partial charge in [0, 0.05) is 19.0 Å². The Balaban J connectivity index is 1.83. The summed E-state index contributed by atoms with van der Waals surface area (Å²) in [7, 11) is -10.9. The SMILES string of the molecule is CCCCC/C=C\C/C=C\CCCCCCCCCC(=O)O[C@H](COC(=O)CCC/C=C\C/C=C\C/C=C\C/C=C\[C@@H](O)CCCC)COP(=O)(O)OP(=O)(O)OC[C@H]1O[C@@H](n2ccc(N)nc2=O)[C@H](O)[C@@H]1O. The fourth-order valence-electron chi connectivity index (χ4n) is 7.24. The number of carbonyl (C=O) groups is 2. The molecule has 414 valence electrons. The highest BCUT2D eigenvalue weighted by atomic mass is 31.3. The number of hydrogen-bond donors (Lipinski definition) is 6. The minimum Gasteiger partial charge on any atom is -0.462 e. The number of aliphatic hydroxyl groups excluding tert-OH is 3. The molecule has 1 aliphatic rings. The average Bonchev–Trinajstić information content (AvgIpc) is 3.62. The normalized spacial score (nSPS) is 20.0. The maximum absolute atomic E-state index is 12.9. The number of nitrogens with two attached hydrogens (primary N) is 1. The van der Waals surface area contributed by atoms with E-state index in [0.717, 1.165) is 107 Å². The summed E-state index contributed by atoms with van der Waals surface area (Å²) < 4.78 is 56.7. The van der Waals surface area contributed by atoms with Gasteiger partial charge in [-0.25, -0.2) is 13.9 Å². The molecule has 19 nitrogen and oxygen atoms in total. The molecule has 1 aliphatic heterocycles. The number of nitrogen functional groups attached to an aromatic ring is 1. The van der Waals surface area contributed by atoms with Crippen molar-refractivity contribution < 1.29 is 71.4 Å². The number of esters is 2. The van der Waals surface area contributed by atoms with Gasteiger partial charge in [-0.2, -0.15) is 9.29 Å². The molecular weight excluding hydrogens is 985 g/mol. The van der Waals surface area contributed by atoms with E-state index < -0.39 is 83.7 Å². The van der Waals surface area contributed by atoms with Crippen molar-refractivity contribution in [2.24, 2.45) is 0 Å². The Kier molecular flexibility index (Phi) is 35.4. The molecule has 1 aromatic heterocycles. The minimum absolute atomic E-state index is 0.0181. The van der Waals surface area contributed by atoms with Gasteiger partial charge in [0.1, 0.15) is 30.7 Å². The number of aromatic nitrogens is 2. The van der Waals surface area contributed by atoms with Crippen molar-refractivity contribution in [2.45, 2.75) is 198 Å². The maximum atomic E-state index is 12.9. The number of nitrogens with zero attached hydrogens (tertiary/aromatic N) is 2. The first kappa shape index (κ1) is 65.3.